The fraction of sp³-hybridized carbons (Fsp3) is 0.0952. The highest BCUT2D eigenvalue weighted by atomic mass is 32.2. The first-order valence-corrected chi connectivity index (χ1v) is 10.1. The van der Waals surface area contributed by atoms with Gasteiger partial charge in [0.1, 0.15) is 11.5 Å². The Labute approximate surface area is 169 Å². The van der Waals surface area contributed by atoms with E-state index in [1.807, 2.05) is 6.07 Å². The lowest BCUT2D eigenvalue weighted by Crippen LogP contribution is -2.14. The van der Waals surface area contributed by atoms with Crippen molar-refractivity contribution in [2.24, 2.45) is 0 Å². The van der Waals surface area contributed by atoms with Crippen molar-refractivity contribution in [3.63, 3.8) is 0 Å². The van der Waals surface area contributed by atoms with E-state index < -0.39 is 10.0 Å². The van der Waals surface area contributed by atoms with Crippen LogP contribution in [0.4, 0.5) is 11.4 Å². The molecule has 2 N–H and O–H groups in total. The van der Waals surface area contributed by atoms with Gasteiger partial charge in [-0.2, -0.15) is 0 Å². The van der Waals surface area contributed by atoms with Crippen molar-refractivity contribution >= 4 is 27.3 Å². The number of methoxy groups -OCH3 is 2. The summed E-state index contributed by atoms with van der Waals surface area (Å²) >= 11 is 0. The second-order valence-corrected chi connectivity index (χ2v) is 7.70. The third-order valence-electron chi connectivity index (χ3n) is 4.11. The average Bonchev–Trinajstić information content (AvgIpc) is 2.74. The van der Waals surface area contributed by atoms with Gasteiger partial charge in [0.2, 0.25) is 0 Å². The number of carbonyl (C=O) groups is 1. The van der Waals surface area contributed by atoms with E-state index >= 15 is 0 Å². The van der Waals surface area contributed by atoms with Crippen LogP contribution in [0.3, 0.4) is 0 Å². The van der Waals surface area contributed by atoms with E-state index in [1.54, 1.807) is 42.5 Å². The van der Waals surface area contributed by atoms with Gasteiger partial charge in [-0.15, -0.1) is 0 Å². The van der Waals surface area contributed by atoms with Crippen LogP contribution in [0, 0.1) is 0 Å². The number of anilines is 2. The molecule has 0 aliphatic heterocycles. The topological polar surface area (TPSA) is 93.7 Å². The maximum absolute atomic E-state index is 12.7. The Kier molecular flexibility index (Phi) is 6.04. The Hall–Kier alpha value is -3.52. The second kappa shape index (κ2) is 8.66. The van der Waals surface area contributed by atoms with Gasteiger partial charge >= 0.3 is 0 Å². The summed E-state index contributed by atoms with van der Waals surface area (Å²) in [7, 11) is -0.894. The van der Waals surface area contributed by atoms with Gasteiger partial charge < -0.3 is 14.8 Å². The van der Waals surface area contributed by atoms with E-state index in [-0.39, 0.29) is 16.5 Å². The van der Waals surface area contributed by atoms with Gasteiger partial charge in [0.15, 0.2) is 0 Å². The van der Waals surface area contributed by atoms with Crippen LogP contribution in [0.2, 0.25) is 0 Å². The fourth-order valence-corrected chi connectivity index (χ4v) is 3.67. The summed E-state index contributed by atoms with van der Waals surface area (Å²) < 4.78 is 38.2. The van der Waals surface area contributed by atoms with Crippen molar-refractivity contribution in [3.8, 4) is 11.5 Å². The molecule has 0 aliphatic carbocycles. The average molecular weight is 412 g/mol. The highest BCUT2D eigenvalue weighted by Crippen LogP contribution is 2.31. The van der Waals surface area contributed by atoms with Gasteiger partial charge in [-0.1, -0.05) is 18.2 Å². The zero-order valence-electron chi connectivity index (χ0n) is 15.9. The summed E-state index contributed by atoms with van der Waals surface area (Å²) in [6.07, 6.45) is 0. The normalized spacial score (nSPS) is 10.8. The van der Waals surface area contributed by atoms with Crippen molar-refractivity contribution in [1.29, 1.82) is 0 Å². The summed E-state index contributed by atoms with van der Waals surface area (Å²) in [6.45, 7) is 0. The first kappa shape index (κ1) is 20.2. The molecule has 0 saturated heterocycles. The number of amides is 1. The van der Waals surface area contributed by atoms with Crippen LogP contribution >= 0.6 is 0 Å². The Balaban J connectivity index is 1.76. The molecule has 0 spiro atoms. The van der Waals surface area contributed by atoms with Gasteiger partial charge in [0, 0.05) is 17.3 Å². The van der Waals surface area contributed by atoms with Crippen molar-refractivity contribution in [2.45, 2.75) is 4.90 Å². The van der Waals surface area contributed by atoms with Crippen LogP contribution in [-0.2, 0) is 10.0 Å². The lowest BCUT2D eigenvalue weighted by Gasteiger charge is -2.13. The minimum absolute atomic E-state index is 0.0491. The number of rotatable bonds is 7. The summed E-state index contributed by atoms with van der Waals surface area (Å²) in [5.41, 5.74) is 1.28. The SMILES string of the molecule is COc1ccc(NS(=O)(=O)c2ccc(NC(=O)c3ccccc3)cc2)c(OC)c1. The van der Waals surface area contributed by atoms with E-state index in [0.29, 0.717) is 22.7 Å². The summed E-state index contributed by atoms with van der Waals surface area (Å²) in [4.78, 5) is 12.2. The van der Waals surface area contributed by atoms with Gasteiger partial charge in [-0.25, -0.2) is 8.42 Å². The van der Waals surface area contributed by atoms with Crippen LogP contribution in [0.5, 0.6) is 11.5 Å². The van der Waals surface area contributed by atoms with Crippen LogP contribution in [0.15, 0.2) is 77.7 Å². The number of carbonyl (C=O) groups excluding carboxylic acids is 1. The molecule has 3 aromatic carbocycles. The molecule has 0 bridgehead atoms. The summed E-state index contributed by atoms with van der Waals surface area (Å²) in [5, 5.41) is 2.73. The number of benzene rings is 3. The Morgan fingerprint density at radius 1 is 0.862 bits per heavy atom. The van der Waals surface area contributed by atoms with Crippen LogP contribution in [0.1, 0.15) is 10.4 Å². The maximum Gasteiger partial charge on any atom is 0.262 e. The third-order valence-corrected chi connectivity index (χ3v) is 5.49. The molecule has 0 heterocycles. The minimum atomic E-state index is -3.85. The molecule has 0 saturated carbocycles. The second-order valence-electron chi connectivity index (χ2n) is 6.02. The molecule has 3 aromatic rings. The minimum Gasteiger partial charge on any atom is -0.497 e. The first-order valence-electron chi connectivity index (χ1n) is 8.64. The van der Waals surface area contributed by atoms with E-state index in [9.17, 15) is 13.2 Å². The quantitative estimate of drug-likeness (QED) is 0.616. The Morgan fingerprint density at radius 3 is 2.17 bits per heavy atom. The fourth-order valence-electron chi connectivity index (χ4n) is 2.60. The lowest BCUT2D eigenvalue weighted by atomic mass is 10.2. The Bertz CT molecular complexity index is 1100. The van der Waals surface area contributed by atoms with E-state index in [1.165, 1.54) is 38.5 Å². The van der Waals surface area contributed by atoms with Crippen molar-refractivity contribution in [3.05, 3.63) is 78.4 Å². The largest absolute Gasteiger partial charge is 0.497 e. The summed E-state index contributed by atoms with van der Waals surface area (Å²) in [6, 6.07) is 19.4. The molecule has 0 aliphatic rings. The van der Waals surface area contributed by atoms with Gasteiger partial charge in [-0.05, 0) is 48.5 Å². The van der Waals surface area contributed by atoms with Crippen LogP contribution in [-0.4, -0.2) is 28.5 Å². The predicted octanol–water partition coefficient (Wildman–Crippen LogP) is 3.76. The molecule has 0 atom stereocenters. The molecule has 150 valence electrons. The molecule has 8 heteroatoms. The van der Waals surface area contributed by atoms with Crippen LogP contribution < -0.4 is 19.5 Å². The highest BCUT2D eigenvalue weighted by molar-refractivity contribution is 7.92. The summed E-state index contributed by atoms with van der Waals surface area (Å²) in [5.74, 6) is 0.602. The molecular formula is C21H20N2O5S. The smallest absolute Gasteiger partial charge is 0.262 e. The molecule has 29 heavy (non-hydrogen) atoms. The van der Waals surface area contributed by atoms with Crippen molar-refractivity contribution in [2.75, 3.05) is 24.3 Å². The van der Waals surface area contributed by atoms with Crippen molar-refractivity contribution < 1.29 is 22.7 Å². The lowest BCUT2D eigenvalue weighted by molar-refractivity contribution is 0.102. The maximum atomic E-state index is 12.7. The number of hydrogen-bond donors (Lipinski definition) is 2. The number of nitrogens with one attached hydrogen (secondary N) is 2. The zero-order chi connectivity index (χ0) is 20.9. The molecule has 0 unspecified atom stereocenters. The van der Waals surface area contributed by atoms with Crippen LogP contribution in [0.25, 0.3) is 0 Å². The predicted molar refractivity (Wildman–Crippen MR) is 111 cm³/mol. The van der Waals surface area contributed by atoms with E-state index in [2.05, 4.69) is 10.0 Å². The molecule has 7 nitrogen and oxygen atoms in total. The number of sulfonamides is 1. The van der Waals surface area contributed by atoms with Crippen molar-refractivity contribution in [1.82, 2.24) is 0 Å². The molecule has 0 radical (unpaired) electrons. The first-order chi connectivity index (χ1) is 13.9. The van der Waals surface area contributed by atoms with E-state index in [0.717, 1.165) is 0 Å². The van der Waals surface area contributed by atoms with Gasteiger partial charge in [-0.3, -0.25) is 9.52 Å². The number of ether oxygens (including phenoxy) is 2. The molecule has 1 amide bonds. The monoisotopic (exact) mass is 412 g/mol. The zero-order valence-corrected chi connectivity index (χ0v) is 16.7. The molecular weight excluding hydrogens is 392 g/mol. The Morgan fingerprint density at radius 2 is 1.55 bits per heavy atom. The molecule has 3 rings (SSSR count). The van der Waals surface area contributed by atoms with E-state index in [4.69, 9.17) is 9.47 Å². The third kappa shape index (κ3) is 4.85. The molecule has 0 fully saturated rings. The number of hydrogen-bond acceptors (Lipinski definition) is 5. The highest BCUT2D eigenvalue weighted by Gasteiger charge is 2.17. The molecule has 0 aromatic heterocycles. The van der Waals surface area contributed by atoms with Gasteiger partial charge in [0.05, 0.1) is 24.8 Å². The standard InChI is InChI=1S/C21H20N2O5S/c1-27-17-10-13-19(20(14-17)28-2)23-29(25,26)18-11-8-16(9-12-18)22-21(24)15-6-4-3-5-7-15/h3-14,23H,1-2H3,(H,22,24). The van der Waals surface area contributed by atoms with Gasteiger partial charge in [0.25, 0.3) is 15.9 Å².